The molecule has 2 aliphatic heterocycles. The number of rotatable bonds is 1. The number of aliphatic hydroxyl groups is 1. The third-order valence-corrected chi connectivity index (χ3v) is 3.57. The molecular weight excluding hydrogens is 178 g/mol. The van der Waals surface area contributed by atoms with Crippen LogP contribution < -0.4 is 5.32 Å². The third-order valence-electron chi connectivity index (χ3n) is 3.57. The van der Waals surface area contributed by atoms with Crippen LogP contribution in [0.3, 0.4) is 0 Å². The summed E-state index contributed by atoms with van der Waals surface area (Å²) in [5.74, 6) is 0. The Morgan fingerprint density at radius 3 is 2.71 bits per heavy atom. The second kappa shape index (κ2) is 4.60. The van der Waals surface area contributed by atoms with Crippen molar-refractivity contribution in [1.29, 1.82) is 0 Å². The molecule has 3 heteroatoms. The molecule has 0 bridgehead atoms. The number of nitrogens with one attached hydrogen (secondary N) is 1. The van der Waals surface area contributed by atoms with Crippen LogP contribution in [0.1, 0.15) is 38.5 Å². The largest absolute Gasteiger partial charge is 0.388 e. The van der Waals surface area contributed by atoms with Crippen LogP contribution in [0.15, 0.2) is 0 Å². The summed E-state index contributed by atoms with van der Waals surface area (Å²) in [4.78, 5) is 0. The fourth-order valence-electron chi connectivity index (χ4n) is 2.56. The fourth-order valence-corrected chi connectivity index (χ4v) is 2.56. The molecule has 0 saturated carbocycles. The normalized spacial score (nSPS) is 33.6. The summed E-state index contributed by atoms with van der Waals surface area (Å²) in [5, 5.41) is 14.0. The van der Waals surface area contributed by atoms with E-state index >= 15 is 0 Å². The molecule has 3 nitrogen and oxygen atoms in total. The highest BCUT2D eigenvalue weighted by Gasteiger charge is 2.37. The lowest BCUT2D eigenvalue weighted by molar-refractivity contribution is -0.0858. The number of hydrogen-bond donors (Lipinski definition) is 2. The topological polar surface area (TPSA) is 41.5 Å². The molecule has 2 heterocycles. The molecule has 0 aromatic heterocycles. The van der Waals surface area contributed by atoms with Crippen LogP contribution in [0, 0.1) is 0 Å². The van der Waals surface area contributed by atoms with Gasteiger partial charge in [0, 0.05) is 32.1 Å². The van der Waals surface area contributed by atoms with Gasteiger partial charge in [-0.05, 0) is 19.4 Å². The average molecular weight is 199 g/mol. The Morgan fingerprint density at radius 2 is 1.93 bits per heavy atom. The van der Waals surface area contributed by atoms with E-state index in [1.165, 1.54) is 19.3 Å². The number of ether oxygens (including phenoxy) is 1. The summed E-state index contributed by atoms with van der Waals surface area (Å²) in [7, 11) is 0. The van der Waals surface area contributed by atoms with Crippen LogP contribution in [0.25, 0.3) is 0 Å². The first-order valence-corrected chi connectivity index (χ1v) is 5.85. The molecule has 2 aliphatic rings. The van der Waals surface area contributed by atoms with Gasteiger partial charge in [0.25, 0.3) is 0 Å². The van der Waals surface area contributed by atoms with Crippen molar-refractivity contribution in [1.82, 2.24) is 5.32 Å². The third kappa shape index (κ3) is 2.27. The zero-order valence-electron chi connectivity index (χ0n) is 8.80. The molecule has 2 saturated heterocycles. The summed E-state index contributed by atoms with van der Waals surface area (Å²) < 4.78 is 5.30. The maximum absolute atomic E-state index is 10.5. The molecule has 82 valence electrons. The van der Waals surface area contributed by atoms with Crippen LogP contribution in [0.4, 0.5) is 0 Å². The second-order valence-electron chi connectivity index (χ2n) is 4.57. The average Bonchev–Trinajstić information content (AvgIpc) is 2.47. The van der Waals surface area contributed by atoms with Gasteiger partial charge in [0.1, 0.15) is 0 Å². The van der Waals surface area contributed by atoms with Gasteiger partial charge in [-0.25, -0.2) is 0 Å². The van der Waals surface area contributed by atoms with Crippen LogP contribution in [0.5, 0.6) is 0 Å². The summed E-state index contributed by atoms with van der Waals surface area (Å²) in [6.07, 6.45) is 6.52. The van der Waals surface area contributed by atoms with Gasteiger partial charge in [0.2, 0.25) is 0 Å². The first-order chi connectivity index (χ1) is 6.81. The van der Waals surface area contributed by atoms with E-state index < -0.39 is 5.60 Å². The van der Waals surface area contributed by atoms with Crippen LogP contribution in [0.2, 0.25) is 0 Å². The van der Waals surface area contributed by atoms with E-state index in [1.807, 2.05) is 0 Å². The summed E-state index contributed by atoms with van der Waals surface area (Å²) in [5.41, 5.74) is -0.497. The zero-order chi connectivity index (χ0) is 9.86. The quantitative estimate of drug-likeness (QED) is 0.663. The van der Waals surface area contributed by atoms with Crippen molar-refractivity contribution >= 4 is 0 Å². The van der Waals surface area contributed by atoms with E-state index in [2.05, 4.69) is 5.32 Å². The lowest BCUT2D eigenvalue weighted by atomic mass is 9.84. The maximum atomic E-state index is 10.5. The van der Waals surface area contributed by atoms with E-state index in [-0.39, 0.29) is 0 Å². The summed E-state index contributed by atoms with van der Waals surface area (Å²) in [6.45, 7) is 2.50. The van der Waals surface area contributed by atoms with E-state index in [1.54, 1.807) is 0 Å². The van der Waals surface area contributed by atoms with Crippen molar-refractivity contribution < 1.29 is 9.84 Å². The van der Waals surface area contributed by atoms with Crippen molar-refractivity contribution in [2.24, 2.45) is 0 Å². The molecule has 0 aromatic rings. The van der Waals surface area contributed by atoms with Gasteiger partial charge in [0.05, 0.1) is 5.60 Å². The zero-order valence-corrected chi connectivity index (χ0v) is 8.80. The summed E-state index contributed by atoms with van der Waals surface area (Å²) >= 11 is 0. The van der Waals surface area contributed by atoms with Crippen molar-refractivity contribution in [2.75, 3.05) is 19.8 Å². The molecule has 1 atom stereocenters. The highest BCUT2D eigenvalue weighted by atomic mass is 16.5. The van der Waals surface area contributed by atoms with Crippen LogP contribution in [-0.4, -0.2) is 36.5 Å². The van der Waals surface area contributed by atoms with Crippen molar-refractivity contribution in [3.63, 3.8) is 0 Å². The lowest BCUT2D eigenvalue weighted by Gasteiger charge is -2.39. The molecule has 0 aromatic carbocycles. The van der Waals surface area contributed by atoms with E-state index in [0.717, 1.165) is 25.8 Å². The Labute approximate surface area is 85.8 Å². The Bertz CT molecular complexity index is 170. The Balaban J connectivity index is 1.95. The number of hydrogen-bond acceptors (Lipinski definition) is 3. The van der Waals surface area contributed by atoms with E-state index in [4.69, 9.17) is 4.74 Å². The van der Waals surface area contributed by atoms with Crippen molar-refractivity contribution in [2.45, 2.75) is 50.2 Å². The van der Waals surface area contributed by atoms with E-state index in [9.17, 15) is 5.11 Å². The highest BCUT2D eigenvalue weighted by molar-refractivity contribution is 4.93. The lowest BCUT2D eigenvalue weighted by Crippen LogP contribution is -2.53. The molecule has 0 amide bonds. The first-order valence-electron chi connectivity index (χ1n) is 5.85. The SMILES string of the molecule is OC1(C2CCCCCN2)CCOCC1. The maximum Gasteiger partial charge on any atom is 0.0843 e. The Hall–Kier alpha value is -0.120. The Morgan fingerprint density at radius 1 is 1.14 bits per heavy atom. The fraction of sp³-hybridized carbons (Fsp3) is 1.00. The predicted octanol–water partition coefficient (Wildman–Crippen LogP) is 1.06. The molecule has 2 rings (SSSR count). The van der Waals surface area contributed by atoms with E-state index in [0.29, 0.717) is 19.3 Å². The van der Waals surface area contributed by atoms with Gasteiger partial charge in [-0.2, -0.15) is 0 Å². The molecule has 2 N–H and O–H groups in total. The molecule has 2 fully saturated rings. The molecule has 0 radical (unpaired) electrons. The molecular formula is C11H21NO2. The predicted molar refractivity (Wildman–Crippen MR) is 55.3 cm³/mol. The van der Waals surface area contributed by atoms with Gasteiger partial charge < -0.3 is 15.2 Å². The molecule has 1 unspecified atom stereocenters. The molecule has 14 heavy (non-hydrogen) atoms. The minimum Gasteiger partial charge on any atom is -0.388 e. The van der Waals surface area contributed by atoms with Gasteiger partial charge in [-0.3, -0.25) is 0 Å². The molecule has 0 aliphatic carbocycles. The molecule has 0 spiro atoms. The minimum atomic E-state index is -0.497. The van der Waals surface area contributed by atoms with Crippen molar-refractivity contribution in [3.05, 3.63) is 0 Å². The van der Waals surface area contributed by atoms with Gasteiger partial charge in [-0.1, -0.05) is 12.8 Å². The van der Waals surface area contributed by atoms with Gasteiger partial charge >= 0.3 is 0 Å². The first kappa shape index (κ1) is 10.4. The van der Waals surface area contributed by atoms with Gasteiger partial charge in [0.15, 0.2) is 0 Å². The second-order valence-corrected chi connectivity index (χ2v) is 4.57. The summed E-state index contributed by atoms with van der Waals surface area (Å²) in [6, 6.07) is 0.300. The standard InChI is InChI=1S/C11H21NO2/c13-11(5-8-14-9-6-11)10-4-2-1-3-7-12-10/h10,12-13H,1-9H2. The Kier molecular flexibility index (Phi) is 3.42. The van der Waals surface area contributed by atoms with Crippen molar-refractivity contribution in [3.8, 4) is 0 Å². The minimum absolute atomic E-state index is 0.300. The smallest absolute Gasteiger partial charge is 0.0843 e. The monoisotopic (exact) mass is 199 g/mol. The van der Waals surface area contributed by atoms with Gasteiger partial charge in [-0.15, -0.1) is 0 Å². The van der Waals surface area contributed by atoms with Crippen LogP contribution in [-0.2, 0) is 4.74 Å². The van der Waals surface area contributed by atoms with Crippen LogP contribution >= 0.6 is 0 Å². The highest BCUT2D eigenvalue weighted by Crippen LogP contribution is 2.28.